The molecule has 2 rings (SSSR count). The van der Waals surface area contributed by atoms with Crippen molar-refractivity contribution in [1.29, 1.82) is 0 Å². The maximum Gasteiger partial charge on any atom is 0.252 e. The van der Waals surface area contributed by atoms with Gasteiger partial charge in [0.05, 0.1) is 18.8 Å². The lowest BCUT2D eigenvalue weighted by Gasteiger charge is -2.26. The van der Waals surface area contributed by atoms with Crippen LogP contribution in [0.15, 0.2) is 22.7 Å². The van der Waals surface area contributed by atoms with Crippen molar-refractivity contribution in [2.24, 2.45) is 5.73 Å². The van der Waals surface area contributed by atoms with E-state index in [0.717, 1.165) is 37.3 Å². The van der Waals surface area contributed by atoms with Crippen LogP contribution in [0.4, 0.5) is 0 Å². The first-order valence-electron chi connectivity index (χ1n) is 6.19. The van der Waals surface area contributed by atoms with Crippen molar-refractivity contribution < 1.29 is 14.3 Å². The molecule has 1 fully saturated rings. The number of nitrogens with two attached hydrogens (primary N) is 1. The van der Waals surface area contributed by atoms with Crippen molar-refractivity contribution in [3.63, 3.8) is 0 Å². The van der Waals surface area contributed by atoms with E-state index in [4.69, 9.17) is 15.2 Å². The second kappa shape index (κ2) is 6.88. The molecule has 2 N–H and O–H groups in total. The maximum atomic E-state index is 11.3. The molecule has 0 radical (unpaired) electrons. The van der Waals surface area contributed by atoms with Crippen LogP contribution in [0.1, 0.15) is 10.4 Å². The quantitative estimate of drug-likeness (QED) is 0.883. The summed E-state index contributed by atoms with van der Waals surface area (Å²) in [6.07, 6.45) is 0. The number of ether oxygens (including phenoxy) is 2. The van der Waals surface area contributed by atoms with Gasteiger partial charge in [0.15, 0.2) is 0 Å². The van der Waals surface area contributed by atoms with Gasteiger partial charge in [-0.2, -0.15) is 0 Å². The van der Waals surface area contributed by atoms with Crippen molar-refractivity contribution in [2.45, 2.75) is 0 Å². The minimum absolute atomic E-state index is 0.399. The minimum atomic E-state index is -0.484. The van der Waals surface area contributed by atoms with Crippen LogP contribution in [-0.2, 0) is 4.74 Å². The highest BCUT2D eigenvalue weighted by molar-refractivity contribution is 9.10. The summed E-state index contributed by atoms with van der Waals surface area (Å²) in [5, 5.41) is 0. The van der Waals surface area contributed by atoms with Crippen molar-refractivity contribution in [3.8, 4) is 5.75 Å². The summed E-state index contributed by atoms with van der Waals surface area (Å²) in [4.78, 5) is 13.6. The summed E-state index contributed by atoms with van der Waals surface area (Å²) >= 11 is 3.31. The summed E-state index contributed by atoms with van der Waals surface area (Å²) in [7, 11) is 0. The smallest absolute Gasteiger partial charge is 0.252 e. The van der Waals surface area contributed by atoms with Crippen molar-refractivity contribution in [2.75, 3.05) is 39.5 Å². The highest BCUT2D eigenvalue weighted by atomic mass is 79.9. The van der Waals surface area contributed by atoms with Crippen LogP contribution < -0.4 is 10.5 Å². The molecule has 1 aromatic rings. The molecular formula is C13H17BrN2O3. The molecule has 104 valence electrons. The highest BCUT2D eigenvalue weighted by Gasteiger charge is 2.12. The second-order valence-corrected chi connectivity index (χ2v) is 5.22. The Labute approximate surface area is 120 Å². The predicted molar refractivity (Wildman–Crippen MR) is 75.4 cm³/mol. The van der Waals surface area contributed by atoms with Crippen LogP contribution in [0.25, 0.3) is 0 Å². The van der Waals surface area contributed by atoms with Gasteiger partial charge in [0, 0.05) is 24.1 Å². The van der Waals surface area contributed by atoms with E-state index in [0.29, 0.717) is 17.9 Å². The van der Waals surface area contributed by atoms with Crippen LogP contribution in [0.2, 0.25) is 0 Å². The number of primary amides is 1. The lowest BCUT2D eigenvalue weighted by Crippen LogP contribution is -2.38. The number of benzene rings is 1. The van der Waals surface area contributed by atoms with Gasteiger partial charge in [-0.3, -0.25) is 9.69 Å². The first-order valence-corrected chi connectivity index (χ1v) is 6.98. The average Bonchev–Trinajstić information content (AvgIpc) is 2.41. The first-order chi connectivity index (χ1) is 9.16. The fraction of sp³-hybridized carbons (Fsp3) is 0.462. The van der Waals surface area contributed by atoms with Gasteiger partial charge < -0.3 is 15.2 Å². The van der Waals surface area contributed by atoms with Gasteiger partial charge in [0.25, 0.3) is 5.91 Å². The fourth-order valence-electron chi connectivity index (χ4n) is 1.93. The molecule has 0 spiro atoms. The van der Waals surface area contributed by atoms with Crippen LogP contribution in [0.5, 0.6) is 5.75 Å². The van der Waals surface area contributed by atoms with Crippen LogP contribution >= 0.6 is 15.9 Å². The SMILES string of the molecule is NC(=O)c1cc(Br)ccc1OCCN1CCOCC1. The predicted octanol–water partition coefficient (Wildman–Crippen LogP) is 1.26. The number of hydrogen-bond donors (Lipinski definition) is 1. The number of hydrogen-bond acceptors (Lipinski definition) is 4. The van der Waals surface area contributed by atoms with E-state index in [-0.39, 0.29) is 0 Å². The van der Waals surface area contributed by atoms with Gasteiger partial charge in [0.1, 0.15) is 12.4 Å². The number of carbonyl (C=O) groups excluding carboxylic acids is 1. The second-order valence-electron chi connectivity index (χ2n) is 4.31. The van der Waals surface area contributed by atoms with Crippen molar-refractivity contribution >= 4 is 21.8 Å². The zero-order chi connectivity index (χ0) is 13.7. The van der Waals surface area contributed by atoms with E-state index < -0.39 is 5.91 Å². The van der Waals surface area contributed by atoms with Gasteiger partial charge in [-0.1, -0.05) is 15.9 Å². The third kappa shape index (κ3) is 4.19. The Bertz CT molecular complexity index is 448. The number of rotatable bonds is 5. The average molecular weight is 329 g/mol. The highest BCUT2D eigenvalue weighted by Crippen LogP contribution is 2.22. The van der Waals surface area contributed by atoms with Gasteiger partial charge in [0.2, 0.25) is 0 Å². The number of halogens is 1. The molecule has 1 aliphatic rings. The Morgan fingerprint density at radius 3 is 2.84 bits per heavy atom. The molecule has 0 aliphatic carbocycles. The molecule has 19 heavy (non-hydrogen) atoms. The minimum Gasteiger partial charge on any atom is -0.491 e. The summed E-state index contributed by atoms with van der Waals surface area (Å²) in [6.45, 7) is 4.73. The van der Waals surface area contributed by atoms with Crippen LogP contribution in [0.3, 0.4) is 0 Å². The van der Waals surface area contributed by atoms with E-state index in [1.54, 1.807) is 12.1 Å². The molecule has 0 saturated carbocycles. The van der Waals surface area contributed by atoms with Crippen molar-refractivity contribution in [3.05, 3.63) is 28.2 Å². The standard InChI is InChI=1S/C13H17BrN2O3/c14-10-1-2-12(11(9-10)13(15)17)19-8-5-16-3-6-18-7-4-16/h1-2,9H,3-8H2,(H2,15,17). The number of carbonyl (C=O) groups is 1. The molecule has 0 bridgehead atoms. The monoisotopic (exact) mass is 328 g/mol. The molecule has 6 heteroatoms. The molecule has 0 atom stereocenters. The Morgan fingerprint density at radius 1 is 1.42 bits per heavy atom. The lowest BCUT2D eigenvalue weighted by atomic mass is 10.2. The van der Waals surface area contributed by atoms with Crippen LogP contribution in [-0.4, -0.2) is 50.3 Å². The van der Waals surface area contributed by atoms with Gasteiger partial charge in [-0.25, -0.2) is 0 Å². The largest absolute Gasteiger partial charge is 0.491 e. The van der Waals surface area contributed by atoms with Gasteiger partial charge in [-0.05, 0) is 18.2 Å². The summed E-state index contributed by atoms with van der Waals surface area (Å²) in [5.74, 6) is 0.0478. The normalized spacial score (nSPS) is 16.3. The Kier molecular flexibility index (Phi) is 5.18. The zero-order valence-corrected chi connectivity index (χ0v) is 12.2. The molecule has 1 aliphatic heterocycles. The fourth-order valence-corrected chi connectivity index (χ4v) is 2.29. The Balaban J connectivity index is 1.89. The number of nitrogens with zero attached hydrogens (tertiary/aromatic N) is 1. The molecule has 0 unspecified atom stereocenters. The van der Waals surface area contributed by atoms with E-state index in [2.05, 4.69) is 20.8 Å². The van der Waals surface area contributed by atoms with Gasteiger partial charge >= 0.3 is 0 Å². The summed E-state index contributed by atoms with van der Waals surface area (Å²) in [5.41, 5.74) is 5.73. The van der Waals surface area contributed by atoms with E-state index >= 15 is 0 Å². The molecule has 0 aromatic heterocycles. The topological polar surface area (TPSA) is 64.8 Å². The zero-order valence-electron chi connectivity index (χ0n) is 10.6. The van der Waals surface area contributed by atoms with E-state index in [9.17, 15) is 4.79 Å². The molecule has 5 nitrogen and oxygen atoms in total. The van der Waals surface area contributed by atoms with E-state index in [1.165, 1.54) is 0 Å². The first kappa shape index (κ1) is 14.3. The molecule has 1 aromatic carbocycles. The number of morpholine rings is 1. The lowest BCUT2D eigenvalue weighted by molar-refractivity contribution is 0.0322. The molecule has 1 amide bonds. The maximum absolute atomic E-state index is 11.3. The van der Waals surface area contributed by atoms with Gasteiger partial charge in [-0.15, -0.1) is 0 Å². The van der Waals surface area contributed by atoms with E-state index in [1.807, 2.05) is 6.07 Å². The number of amides is 1. The third-order valence-corrected chi connectivity index (χ3v) is 3.47. The third-order valence-electron chi connectivity index (χ3n) is 2.98. The summed E-state index contributed by atoms with van der Waals surface area (Å²) < 4.78 is 11.7. The molecule has 1 saturated heterocycles. The Hall–Kier alpha value is -1.11. The summed E-state index contributed by atoms with van der Waals surface area (Å²) in [6, 6.07) is 5.26. The van der Waals surface area contributed by atoms with Crippen molar-refractivity contribution in [1.82, 2.24) is 4.90 Å². The molecule has 1 heterocycles. The van der Waals surface area contributed by atoms with Crippen LogP contribution in [0, 0.1) is 0 Å². The molecular weight excluding hydrogens is 312 g/mol. The Morgan fingerprint density at radius 2 is 2.16 bits per heavy atom.